The highest BCUT2D eigenvalue weighted by Gasteiger charge is 2.28. The van der Waals surface area contributed by atoms with Crippen LogP contribution in [0.25, 0.3) is 65.3 Å². The van der Waals surface area contributed by atoms with Gasteiger partial charge in [0.2, 0.25) is 0 Å². The van der Waals surface area contributed by atoms with Crippen LogP contribution in [0.2, 0.25) is 0 Å². The summed E-state index contributed by atoms with van der Waals surface area (Å²) in [7, 11) is 6.20. The molecule has 0 aliphatic carbocycles. The summed E-state index contributed by atoms with van der Waals surface area (Å²) in [5.41, 5.74) is 5.40. The zero-order chi connectivity index (χ0) is 59.6. The first-order valence-electron chi connectivity index (χ1n) is 26.8. The van der Waals surface area contributed by atoms with E-state index in [1.165, 1.54) is 39.8 Å². The molecule has 14 nitrogen and oxygen atoms in total. The molecule has 11 rings (SSSR count). The molecule has 14 heteroatoms. The number of fused-ring (bicyclic) bond motifs is 22. The van der Waals surface area contributed by atoms with E-state index < -0.39 is 23.9 Å². The van der Waals surface area contributed by atoms with Crippen LogP contribution in [0, 0.1) is 0 Å². The molecule has 424 valence electrons. The molecule has 0 saturated carbocycles. The lowest BCUT2D eigenvalue weighted by atomic mass is 9.89. The number of benzene rings is 10. The van der Waals surface area contributed by atoms with Crippen LogP contribution < -0.4 is 18.9 Å². The van der Waals surface area contributed by atoms with Gasteiger partial charge in [0.25, 0.3) is 0 Å². The van der Waals surface area contributed by atoms with Gasteiger partial charge in [-0.15, -0.1) is 0 Å². The van der Waals surface area contributed by atoms with Gasteiger partial charge >= 0.3 is 23.9 Å². The van der Waals surface area contributed by atoms with E-state index in [2.05, 4.69) is 0 Å². The van der Waals surface area contributed by atoms with Crippen LogP contribution in [-0.2, 0) is 55.0 Å². The number of Topliss-reactive ketones (excluding diaryl/α,β-unsaturated/α-hetero) is 2. The summed E-state index contributed by atoms with van der Waals surface area (Å²) in [5.74, 6) is -0.673. The minimum Gasteiger partial charge on any atom is -0.496 e. The second-order valence-corrected chi connectivity index (χ2v) is 19.9. The predicted molar refractivity (Wildman–Crippen MR) is 322 cm³/mol. The van der Waals surface area contributed by atoms with E-state index in [-0.39, 0.29) is 60.2 Å². The summed E-state index contributed by atoms with van der Waals surface area (Å²) >= 11 is 0. The van der Waals surface area contributed by atoms with Crippen molar-refractivity contribution in [3.63, 3.8) is 0 Å². The number of carbonyl (C=O) groups is 6. The van der Waals surface area contributed by atoms with E-state index in [1.807, 2.05) is 121 Å². The van der Waals surface area contributed by atoms with Gasteiger partial charge in [0, 0.05) is 44.5 Å². The quantitative estimate of drug-likeness (QED) is 0.120. The number of methoxy groups -OCH3 is 4. The van der Waals surface area contributed by atoms with E-state index in [0.29, 0.717) is 67.5 Å². The zero-order valence-corrected chi connectivity index (χ0v) is 47.7. The maximum Gasteiger partial charge on any atom is 0.338 e. The SMILES string of the molecule is CC(C)=O.CC(C)=O.COc1c2cc3ccccc3c1-c1c(OC)c(cc3ccccc13)COC(=O)c1cccc(c1)C(=O)OCc1cc3ccccc3c(c1OC)-c1c(OC)c(cc3ccccc13)COC(=O)c1cccc(c1)C(=O)OC2. The minimum absolute atomic E-state index is 0.130. The first-order valence-corrected chi connectivity index (χ1v) is 26.8. The Morgan fingerprint density at radius 1 is 0.310 bits per heavy atom. The number of hydrogen-bond acceptors (Lipinski definition) is 14. The Labute approximate surface area is 485 Å². The number of hydrogen-bond donors (Lipinski definition) is 0. The van der Waals surface area contributed by atoms with Crippen LogP contribution in [0.15, 0.2) is 170 Å². The van der Waals surface area contributed by atoms with Crippen molar-refractivity contribution in [1.82, 2.24) is 0 Å². The number of esters is 4. The van der Waals surface area contributed by atoms with Crippen molar-refractivity contribution in [2.75, 3.05) is 28.4 Å². The predicted octanol–water partition coefficient (Wildman–Crippen LogP) is 14.6. The van der Waals surface area contributed by atoms with E-state index in [0.717, 1.165) is 43.1 Å². The lowest BCUT2D eigenvalue weighted by Gasteiger charge is -2.22. The van der Waals surface area contributed by atoms with Gasteiger partial charge < -0.3 is 47.5 Å². The Morgan fingerprint density at radius 2 is 0.512 bits per heavy atom. The smallest absolute Gasteiger partial charge is 0.338 e. The summed E-state index contributed by atoms with van der Waals surface area (Å²) in [6, 6.07) is 51.1. The van der Waals surface area contributed by atoms with Crippen LogP contribution in [0.3, 0.4) is 0 Å². The molecule has 0 atom stereocenters. The molecule has 0 aromatic heterocycles. The van der Waals surface area contributed by atoms with Crippen LogP contribution in [0.4, 0.5) is 0 Å². The van der Waals surface area contributed by atoms with Gasteiger partial charge in [0.1, 0.15) is 61.0 Å². The molecule has 1 aliphatic heterocycles. The first kappa shape index (κ1) is 58.3. The van der Waals surface area contributed by atoms with Crippen molar-refractivity contribution in [2.45, 2.75) is 54.1 Å². The van der Waals surface area contributed by atoms with Gasteiger partial charge in [-0.05, 0) is 131 Å². The van der Waals surface area contributed by atoms with Crippen molar-refractivity contribution in [1.29, 1.82) is 0 Å². The lowest BCUT2D eigenvalue weighted by Crippen LogP contribution is -2.11. The molecule has 0 amide bonds. The van der Waals surface area contributed by atoms with Gasteiger partial charge in [-0.1, -0.05) is 109 Å². The largest absolute Gasteiger partial charge is 0.496 e. The molecule has 0 radical (unpaired) electrons. The van der Waals surface area contributed by atoms with Crippen molar-refractivity contribution in [3.8, 4) is 45.3 Å². The number of carbonyl (C=O) groups excluding carboxylic acids is 6. The molecule has 10 aromatic carbocycles. The molecule has 1 aliphatic rings. The number of ether oxygens (including phenoxy) is 8. The molecule has 0 fully saturated rings. The average molecular weight is 1130 g/mol. The topological polar surface area (TPSA) is 176 Å². The minimum atomic E-state index is -0.678. The average Bonchev–Trinajstić information content (AvgIpc) is 1.37. The summed E-state index contributed by atoms with van der Waals surface area (Å²) in [5, 5.41) is 6.62. The second kappa shape index (κ2) is 26.1. The molecule has 1 heterocycles. The van der Waals surface area contributed by atoms with Gasteiger partial charge in [-0.3, -0.25) is 0 Å². The van der Waals surface area contributed by atoms with Gasteiger partial charge in [0.05, 0.1) is 50.7 Å². The van der Waals surface area contributed by atoms with E-state index in [9.17, 15) is 28.8 Å². The van der Waals surface area contributed by atoms with Gasteiger partial charge in [-0.25, -0.2) is 19.2 Å². The molecule has 0 saturated heterocycles. The Kier molecular flexibility index (Phi) is 18.1. The highest BCUT2D eigenvalue weighted by atomic mass is 16.5. The zero-order valence-electron chi connectivity index (χ0n) is 47.7. The summed E-state index contributed by atoms with van der Waals surface area (Å²) < 4.78 is 49.1. The van der Waals surface area contributed by atoms with E-state index >= 15 is 0 Å². The van der Waals surface area contributed by atoms with Crippen molar-refractivity contribution in [2.24, 2.45) is 0 Å². The first-order chi connectivity index (χ1) is 40.6. The molecule has 0 N–H and O–H groups in total. The molecule has 10 aromatic rings. The molecular formula is C70H60O14. The molecule has 12 bridgehead atoms. The maximum absolute atomic E-state index is 14.0. The third-order valence-corrected chi connectivity index (χ3v) is 13.7. The number of ketones is 2. The highest BCUT2D eigenvalue weighted by Crippen LogP contribution is 2.51. The summed E-state index contributed by atoms with van der Waals surface area (Å²) in [6.07, 6.45) is 0. The normalized spacial score (nSPS) is 12.7. The molecule has 84 heavy (non-hydrogen) atoms. The summed E-state index contributed by atoms with van der Waals surface area (Å²) in [4.78, 5) is 75.0. The Hall–Kier alpha value is -10.3. The van der Waals surface area contributed by atoms with Gasteiger partial charge in [0.15, 0.2) is 0 Å². The van der Waals surface area contributed by atoms with Crippen LogP contribution in [0.5, 0.6) is 23.0 Å². The lowest BCUT2D eigenvalue weighted by molar-refractivity contribution is -0.115. The fourth-order valence-corrected chi connectivity index (χ4v) is 10.4. The Morgan fingerprint density at radius 3 is 0.714 bits per heavy atom. The van der Waals surface area contributed by atoms with Gasteiger partial charge in [-0.2, -0.15) is 0 Å². The van der Waals surface area contributed by atoms with Crippen molar-refractivity contribution < 1.29 is 66.7 Å². The molecular weight excluding hydrogens is 1060 g/mol. The van der Waals surface area contributed by atoms with Crippen molar-refractivity contribution in [3.05, 3.63) is 214 Å². The number of rotatable bonds is 4. The maximum atomic E-state index is 14.0. The third-order valence-electron chi connectivity index (χ3n) is 13.7. The molecule has 0 spiro atoms. The van der Waals surface area contributed by atoms with Crippen LogP contribution >= 0.6 is 0 Å². The Bertz CT molecular complexity index is 3690. The summed E-state index contributed by atoms with van der Waals surface area (Å²) in [6.45, 7) is 5.30. The van der Waals surface area contributed by atoms with Crippen LogP contribution in [-0.4, -0.2) is 63.9 Å². The van der Waals surface area contributed by atoms with Crippen molar-refractivity contribution >= 4 is 78.5 Å². The monoisotopic (exact) mass is 1120 g/mol. The van der Waals surface area contributed by atoms with E-state index in [4.69, 9.17) is 37.9 Å². The third kappa shape index (κ3) is 12.4. The number of cyclic esters (lactones) is 4. The standard InChI is InChI=1S/C64H48O12.2C3H6O/c1-69-57-45-27-37-15-5-9-23-49(37)53(57)54-50-24-10-6-16-38(50)28-46(58(54)70-2)34-74-62(66)43-21-14-22-44(32-43)64(68)76-36-48-30-40-18-8-12-26-52(40)56(60(48)72-4)55-51-25-11-7-17-39(51)29-47(59(55)71-3)35-75-63(67)42-20-13-19-41(31-42)61(65)73-33-45;2*1-3(2)4/h5-32H,33-36H2,1-4H3;2*1-2H3. The fourth-order valence-electron chi connectivity index (χ4n) is 10.4. The highest BCUT2D eigenvalue weighted by molar-refractivity contribution is 6.13. The van der Waals surface area contributed by atoms with Crippen LogP contribution in [0.1, 0.15) is 91.4 Å². The van der Waals surface area contributed by atoms with E-state index in [1.54, 1.807) is 64.8 Å². The Balaban J connectivity index is 0.000000996. The molecule has 0 unspecified atom stereocenters. The second-order valence-electron chi connectivity index (χ2n) is 19.9. The fraction of sp³-hybridized carbons (Fsp3) is 0.171.